The fraction of sp³-hybridized carbons (Fsp3) is 0.579. The topological polar surface area (TPSA) is 84.4 Å². The van der Waals surface area contributed by atoms with E-state index in [2.05, 4.69) is 22.1 Å². The number of fused-ring (bicyclic) bond motifs is 1. The third-order valence-electron chi connectivity index (χ3n) is 5.73. The quantitative estimate of drug-likeness (QED) is 0.784. The highest BCUT2D eigenvalue weighted by atomic mass is 35.5. The molecule has 0 spiro atoms. The van der Waals surface area contributed by atoms with Crippen molar-refractivity contribution in [1.82, 2.24) is 10.3 Å². The summed E-state index contributed by atoms with van der Waals surface area (Å²) in [6, 6.07) is 8.44. The van der Waals surface area contributed by atoms with Crippen LogP contribution in [-0.2, 0) is 4.79 Å². The van der Waals surface area contributed by atoms with Crippen molar-refractivity contribution in [3.63, 3.8) is 0 Å². The molecule has 1 aliphatic carbocycles. The van der Waals surface area contributed by atoms with Gasteiger partial charge in [-0.2, -0.15) is 4.98 Å². The molecule has 1 amide bonds. The Hall–Kier alpha value is -1.50. The number of hydrogen-bond donors (Lipinski definition) is 2. The first kappa shape index (κ1) is 21.8. The van der Waals surface area contributed by atoms with E-state index in [1.54, 1.807) is 0 Å². The third kappa shape index (κ3) is 4.50. The summed E-state index contributed by atoms with van der Waals surface area (Å²) in [5.74, 6) is 0.739. The molecule has 3 N–H and O–H groups in total. The van der Waals surface area contributed by atoms with E-state index >= 15 is 0 Å². The Bertz CT molecular complexity index is 739. The number of rotatable bonds is 5. The normalized spacial score (nSPS) is 19.7. The maximum atomic E-state index is 12.7. The number of benzene rings is 1. The lowest BCUT2D eigenvalue weighted by Gasteiger charge is -2.34. The predicted octanol–water partition coefficient (Wildman–Crippen LogP) is 3.13. The molecule has 2 aliphatic rings. The van der Waals surface area contributed by atoms with Gasteiger partial charge in [-0.1, -0.05) is 12.1 Å². The molecule has 1 aromatic carbocycles. The standard InChI is InChI=1S/C19H26N4O2.2ClH/c1-19(12-20,14-6-7-14)22-17(24)13-8-10-23(11-9-13)18-21-15-4-2-3-5-16(15)25-18;;/h2-5,13-14H,6-12,20H2,1H3,(H,22,24);2*1H. The van der Waals surface area contributed by atoms with Crippen LogP contribution in [0.1, 0.15) is 32.6 Å². The lowest BCUT2D eigenvalue weighted by Crippen LogP contribution is -2.55. The summed E-state index contributed by atoms with van der Waals surface area (Å²) < 4.78 is 5.84. The van der Waals surface area contributed by atoms with Gasteiger partial charge in [0.15, 0.2) is 5.58 Å². The molecule has 4 rings (SSSR count). The van der Waals surface area contributed by atoms with Gasteiger partial charge in [-0.3, -0.25) is 4.79 Å². The van der Waals surface area contributed by atoms with Crippen LogP contribution in [0.5, 0.6) is 0 Å². The molecular formula is C19H28Cl2N4O2. The Morgan fingerprint density at radius 3 is 2.52 bits per heavy atom. The monoisotopic (exact) mass is 414 g/mol. The molecule has 150 valence electrons. The number of carbonyl (C=O) groups excluding carboxylic acids is 1. The van der Waals surface area contributed by atoms with Gasteiger partial charge in [-0.25, -0.2) is 0 Å². The Kier molecular flexibility index (Phi) is 7.00. The summed E-state index contributed by atoms with van der Waals surface area (Å²) >= 11 is 0. The number of carbonyl (C=O) groups is 1. The van der Waals surface area contributed by atoms with Crippen LogP contribution in [0.15, 0.2) is 28.7 Å². The van der Waals surface area contributed by atoms with Gasteiger partial charge in [-0.15, -0.1) is 24.8 Å². The van der Waals surface area contributed by atoms with Crippen LogP contribution in [-0.4, -0.2) is 36.1 Å². The fourth-order valence-electron chi connectivity index (χ4n) is 3.75. The zero-order valence-electron chi connectivity index (χ0n) is 15.5. The van der Waals surface area contributed by atoms with Crippen LogP contribution < -0.4 is 16.0 Å². The predicted molar refractivity (Wildman–Crippen MR) is 112 cm³/mol. The molecule has 1 atom stereocenters. The molecule has 1 saturated carbocycles. The number of amides is 1. The molecule has 1 saturated heterocycles. The Balaban J connectivity index is 0.00000131. The number of halogens is 2. The number of piperidine rings is 1. The van der Waals surface area contributed by atoms with E-state index in [1.165, 1.54) is 12.8 Å². The van der Waals surface area contributed by atoms with Crippen LogP contribution in [0.4, 0.5) is 6.01 Å². The molecule has 27 heavy (non-hydrogen) atoms. The third-order valence-corrected chi connectivity index (χ3v) is 5.73. The molecule has 0 radical (unpaired) electrons. The molecule has 2 heterocycles. The van der Waals surface area contributed by atoms with Gasteiger partial charge >= 0.3 is 0 Å². The van der Waals surface area contributed by atoms with Crippen molar-refractivity contribution in [2.45, 2.75) is 38.1 Å². The van der Waals surface area contributed by atoms with Gasteiger partial charge in [0.2, 0.25) is 5.91 Å². The van der Waals surface area contributed by atoms with Crippen molar-refractivity contribution < 1.29 is 9.21 Å². The molecule has 6 nitrogen and oxygen atoms in total. The number of nitrogens with one attached hydrogen (secondary N) is 1. The van der Waals surface area contributed by atoms with E-state index in [1.807, 2.05) is 24.3 Å². The maximum Gasteiger partial charge on any atom is 0.298 e. The fourth-order valence-corrected chi connectivity index (χ4v) is 3.75. The van der Waals surface area contributed by atoms with Crippen LogP contribution in [0.2, 0.25) is 0 Å². The average Bonchev–Trinajstić information content (AvgIpc) is 3.41. The lowest BCUT2D eigenvalue weighted by molar-refractivity contribution is -0.127. The van der Waals surface area contributed by atoms with Gasteiger partial charge in [0.25, 0.3) is 6.01 Å². The summed E-state index contributed by atoms with van der Waals surface area (Å²) in [4.78, 5) is 19.3. The highest BCUT2D eigenvalue weighted by Crippen LogP contribution is 2.39. The molecule has 2 fully saturated rings. The summed E-state index contributed by atoms with van der Waals surface area (Å²) in [6.07, 6.45) is 3.97. The van der Waals surface area contributed by atoms with Crippen molar-refractivity contribution >= 4 is 47.8 Å². The first-order valence-corrected chi connectivity index (χ1v) is 9.22. The zero-order chi connectivity index (χ0) is 17.4. The Morgan fingerprint density at radius 1 is 1.26 bits per heavy atom. The van der Waals surface area contributed by atoms with Gasteiger partial charge in [0.1, 0.15) is 5.52 Å². The second kappa shape index (κ2) is 8.67. The van der Waals surface area contributed by atoms with E-state index in [-0.39, 0.29) is 42.2 Å². The van der Waals surface area contributed by atoms with Gasteiger partial charge in [0.05, 0.1) is 5.54 Å². The van der Waals surface area contributed by atoms with Gasteiger partial charge in [0, 0.05) is 25.6 Å². The van der Waals surface area contributed by atoms with Crippen LogP contribution in [0, 0.1) is 11.8 Å². The molecule has 8 heteroatoms. The number of oxazole rings is 1. The van der Waals surface area contributed by atoms with Crippen LogP contribution >= 0.6 is 24.8 Å². The first-order valence-electron chi connectivity index (χ1n) is 9.22. The van der Waals surface area contributed by atoms with E-state index in [4.69, 9.17) is 10.2 Å². The average molecular weight is 415 g/mol. The number of nitrogens with two attached hydrogens (primary N) is 1. The second-order valence-corrected chi connectivity index (χ2v) is 7.61. The smallest absolute Gasteiger partial charge is 0.298 e. The van der Waals surface area contributed by atoms with Crippen molar-refractivity contribution in [2.75, 3.05) is 24.5 Å². The van der Waals surface area contributed by atoms with E-state index in [0.717, 1.165) is 37.0 Å². The van der Waals surface area contributed by atoms with E-state index < -0.39 is 0 Å². The zero-order valence-corrected chi connectivity index (χ0v) is 17.2. The molecule has 1 aliphatic heterocycles. The van der Waals surface area contributed by atoms with Crippen molar-refractivity contribution in [3.8, 4) is 0 Å². The molecular weight excluding hydrogens is 387 g/mol. The summed E-state index contributed by atoms with van der Waals surface area (Å²) in [7, 11) is 0. The number of para-hydroxylation sites is 2. The minimum atomic E-state index is -0.242. The van der Waals surface area contributed by atoms with Gasteiger partial charge in [-0.05, 0) is 50.7 Å². The Morgan fingerprint density at radius 2 is 1.93 bits per heavy atom. The van der Waals surface area contributed by atoms with Crippen molar-refractivity contribution in [2.24, 2.45) is 17.6 Å². The van der Waals surface area contributed by atoms with E-state index in [0.29, 0.717) is 18.5 Å². The minimum absolute atomic E-state index is 0. The number of aromatic nitrogens is 1. The maximum absolute atomic E-state index is 12.7. The summed E-state index contributed by atoms with van der Waals surface area (Å²) in [5.41, 5.74) is 7.36. The number of nitrogens with zero attached hydrogens (tertiary/aromatic N) is 2. The number of hydrogen-bond acceptors (Lipinski definition) is 5. The highest BCUT2D eigenvalue weighted by Gasteiger charge is 2.42. The molecule has 2 aromatic rings. The summed E-state index contributed by atoms with van der Waals surface area (Å²) in [5, 5.41) is 3.23. The van der Waals surface area contributed by atoms with Crippen molar-refractivity contribution in [3.05, 3.63) is 24.3 Å². The second-order valence-electron chi connectivity index (χ2n) is 7.61. The largest absolute Gasteiger partial charge is 0.423 e. The lowest BCUT2D eigenvalue weighted by atomic mass is 9.91. The first-order chi connectivity index (χ1) is 12.1. The SMILES string of the molecule is CC(CN)(NC(=O)C1CCN(c2nc3ccccc3o2)CC1)C1CC1.Cl.Cl. The van der Waals surface area contributed by atoms with E-state index in [9.17, 15) is 4.79 Å². The molecule has 1 aromatic heterocycles. The Labute approximate surface area is 172 Å². The highest BCUT2D eigenvalue weighted by molar-refractivity contribution is 5.85. The summed E-state index contributed by atoms with van der Waals surface area (Å²) in [6.45, 7) is 4.16. The molecule has 1 unspecified atom stereocenters. The van der Waals surface area contributed by atoms with Gasteiger partial charge < -0.3 is 20.4 Å². The van der Waals surface area contributed by atoms with Crippen LogP contribution in [0.3, 0.4) is 0 Å². The minimum Gasteiger partial charge on any atom is -0.423 e. The number of anilines is 1. The molecule has 0 bridgehead atoms. The van der Waals surface area contributed by atoms with Crippen molar-refractivity contribution in [1.29, 1.82) is 0 Å². The van der Waals surface area contributed by atoms with Crippen LogP contribution in [0.25, 0.3) is 11.1 Å².